The molecule has 2 fully saturated rings. The van der Waals surface area contributed by atoms with Crippen LogP contribution in [0.2, 0.25) is 0 Å². The van der Waals surface area contributed by atoms with Crippen molar-refractivity contribution in [3.63, 3.8) is 0 Å². The molecule has 8 nitrogen and oxygen atoms in total. The Bertz CT molecular complexity index is 2180. The first-order valence-electron chi connectivity index (χ1n) is 17.5. The Kier molecular flexibility index (Phi) is 8.49. The first-order valence-corrected chi connectivity index (χ1v) is 18.2. The van der Waals surface area contributed by atoms with E-state index < -0.39 is 35.0 Å². The summed E-state index contributed by atoms with van der Waals surface area (Å²) in [6.45, 7) is 0.193. The van der Waals surface area contributed by atoms with E-state index in [1.165, 1.54) is 18.1 Å². The van der Waals surface area contributed by atoms with Crippen LogP contribution in [0.4, 0.5) is 0 Å². The molecule has 2 N–H and O–H groups in total. The zero-order chi connectivity index (χ0) is 36.3. The number of carbonyl (C=O) groups excluding carboxylic acids is 4. The summed E-state index contributed by atoms with van der Waals surface area (Å²) in [6.07, 6.45) is 4.46. The van der Waals surface area contributed by atoms with Crippen LogP contribution in [0.3, 0.4) is 0 Å². The zero-order valence-corrected chi connectivity index (χ0v) is 30.0. The van der Waals surface area contributed by atoms with Crippen molar-refractivity contribution in [2.24, 2.45) is 23.7 Å². The Morgan fingerprint density at radius 2 is 1.56 bits per heavy atom. The van der Waals surface area contributed by atoms with Crippen molar-refractivity contribution >= 4 is 44.9 Å². The van der Waals surface area contributed by atoms with Gasteiger partial charge in [0.05, 0.1) is 28.8 Å². The summed E-state index contributed by atoms with van der Waals surface area (Å²) in [6, 6.07) is 28.7. The molecule has 52 heavy (non-hydrogen) atoms. The molecule has 2 amide bonds. The van der Waals surface area contributed by atoms with Crippen LogP contribution in [0, 0.1) is 23.7 Å². The predicted octanol–water partition coefficient (Wildman–Crippen LogP) is 6.94. The topological polar surface area (TPSA) is 121 Å². The quantitative estimate of drug-likeness (QED) is 0.155. The van der Waals surface area contributed by atoms with Gasteiger partial charge in [-0.2, -0.15) is 0 Å². The SMILES string of the molecule is COc1cc(C2C3=CCC4C(=O)N(CCc5ccc(O)cc5)C(=O)C4C3CC3C(=O)C(c4ccccc4)=CC(=O)C32c2ccccc2)cc(Br)c1O. The molecule has 1 saturated carbocycles. The first-order chi connectivity index (χ1) is 25.1. The van der Waals surface area contributed by atoms with E-state index in [0.29, 0.717) is 39.6 Å². The van der Waals surface area contributed by atoms with E-state index >= 15 is 9.59 Å². The van der Waals surface area contributed by atoms with Gasteiger partial charge in [0.2, 0.25) is 11.8 Å². The summed E-state index contributed by atoms with van der Waals surface area (Å²) in [4.78, 5) is 60.1. The lowest BCUT2D eigenvalue weighted by Crippen LogP contribution is -2.58. The fourth-order valence-corrected chi connectivity index (χ4v) is 9.81. The number of aromatic hydroxyl groups is 2. The number of fused-ring (bicyclic) bond motifs is 4. The van der Waals surface area contributed by atoms with Crippen molar-refractivity contribution in [2.45, 2.75) is 30.6 Å². The van der Waals surface area contributed by atoms with Gasteiger partial charge in [0.25, 0.3) is 0 Å². The fraction of sp³-hybridized carbons (Fsp3) is 0.256. The smallest absolute Gasteiger partial charge is 0.233 e. The number of amides is 2. The Morgan fingerprint density at radius 1 is 0.865 bits per heavy atom. The van der Waals surface area contributed by atoms with Crippen LogP contribution in [0.1, 0.15) is 41.0 Å². The third-order valence-corrected chi connectivity index (χ3v) is 12.2. The second-order valence-electron chi connectivity index (χ2n) is 14.1. The molecule has 0 aromatic heterocycles. The maximum Gasteiger partial charge on any atom is 0.233 e. The average molecular weight is 759 g/mol. The molecule has 4 aliphatic rings. The number of halogens is 1. The van der Waals surface area contributed by atoms with E-state index in [1.807, 2.05) is 66.7 Å². The summed E-state index contributed by atoms with van der Waals surface area (Å²) >= 11 is 3.50. The van der Waals surface area contributed by atoms with Gasteiger partial charge >= 0.3 is 0 Å². The number of benzene rings is 4. The second kappa shape index (κ2) is 13.0. The van der Waals surface area contributed by atoms with Crippen molar-refractivity contribution in [3.8, 4) is 17.2 Å². The van der Waals surface area contributed by atoms with Crippen LogP contribution in [-0.4, -0.2) is 52.1 Å². The molecule has 9 heteroatoms. The number of phenols is 2. The number of phenolic OH excluding ortho intramolecular Hbond substituents is 2. The molecular formula is C43H36BrNO7. The molecule has 0 spiro atoms. The Morgan fingerprint density at radius 3 is 2.25 bits per heavy atom. The number of rotatable bonds is 7. The summed E-state index contributed by atoms with van der Waals surface area (Å²) in [5.41, 5.74) is 2.62. The summed E-state index contributed by atoms with van der Waals surface area (Å²) < 4.78 is 5.95. The number of nitrogens with zero attached hydrogens (tertiary/aromatic N) is 1. The summed E-state index contributed by atoms with van der Waals surface area (Å²) in [7, 11) is 1.45. The van der Waals surface area contributed by atoms with E-state index in [1.54, 1.807) is 36.4 Å². The van der Waals surface area contributed by atoms with Crippen LogP contribution in [-0.2, 0) is 31.0 Å². The zero-order valence-electron chi connectivity index (χ0n) is 28.4. The lowest BCUT2D eigenvalue weighted by molar-refractivity contribution is -0.140. The fourth-order valence-electron chi connectivity index (χ4n) is 9.35. The number of imide groups is 1. The number of ketones is 2. The van der Waals surface area contributed by atoms with E-state index in [4.69, 9.17) is 4.74 Å². The third-order valence-electron chi connectivity index (χ3n) is 11.6. The van der Waals surface area contributed by atoms with Gasteiger partial charge in [-0.1, -0.05) is 84.4 Å². The summed E-state index contributed by atoms with van der Waals surface area (Å²) in [5, 5.41) is 20.6. The Labute approximate surface area is 309 Å². The van der Waals surface area contributed by atoms with Crippen LogP contribution in [0.25, 0.3) is 5.57 Å². The minimum absolute atomic E-state index is 0.0975. The van der Waals surface area contributed by atoms with Gasteiger partial charge < -0.3 is 14.9 Å². The highest BCUT2D eigenvalue weighted by Crippen LogP contribution is 2.64. The highest BCUT2D eigenvalue weighted by molar-refractivity contribution is 9.10. The molecule has 1 heterocycles. The first kappa shape index (κ1) is 33.8. The molecule has 4 aromatic rings. The average Bonchev–Trinajstić information content (AvgIpc) is 3.41. The van der Waals surface area contributed by atoms with Crippen LogP contribution < -0.4 is 4.74 Å². The Balaban J connectivity index is 1.30. The molecule has 3 aliphatic carbocycles. The highest BCUT2D eigenvalue weighted by Gasteiger charge is 2.66. The van der Waals surface area contributed by atoms with Crippen molar-refractivity contribution < 1.29 is 34.1 Å². The molecule has 4 aromatic carbocycles. The van der Waals surface area contributed by atoms with E-state index in [9.17, 15) is 19.8 Å². The minimum atomic E-state index is -1.39. The van der Waals surface area contributed by atoms with Crippen molar-refractivity contribution in [1.29, 1.82) is 0 Å². The van der Waals surface area contributed by atoms with Crippen LogP contribution >= 0.6 is 15.9 Å². The third kappa shape index (κ3) is 5.16. The number of ether oxygens (including phenoxy) is 1. The lowest BCUT2D eigenvalue weighted by Gasteiger charge is -2.55. The minimum Gasteiger partial charge on any atom is -0.508 e. The largest absolute Gasteiger partial charge is 0.508 e. The second-order valence-corrected chi connectivity index (χ2v) is 14.9. The normalized spacial score (nSPS) is 26.7. The van der Waals surface area contributed by atoms with Gasteiger partial charge in [0.15, 0.2) is 23.1 Å². The molecule has 1 saturated heterocycles. The monoisotopic (exact) mass is 757 g/mol. The van der Waals surface area contributed by atoms with E-state index in [2.05, 4.69) is 15.9 Å². The molecule has 0 bridgehead atoms. The summed E-state index contributed by atoms with van der Waals surface area (Å²) in [5.74, 6) is -4.09. The van der Waals surface area contributed by atoms with E-state index in [-0.39, 0.29) is 53.6 Å². The lowest BCUT2D eigenvalue weighted by atomic mass is 9.44. The number of hydrogen-bond donors (Lipinski definition) is 2. The molecule has 6 atom stereocenters. The molecule has 8 rings (SSSR count). The molecule has 6 unspecified atom stereocenters. The molecule has 0 radical (unpaired) electrons. The van der Waals surface area contributed by atoms with Gasteiger partial charge in [-0.3, -0.25) is 24.1 Å². The number of hydrogen-bond acceptors (Lipinski definition) is 7. The number of methoxy groups -OCH3 is 1. The molecule has 262 valence electrons. The maximum atomic E-state index is 15.2. The number of Topliss-reactive ketones (excluding diaryl/α,β-unsaturated/α-hetero) is 1. The van der Waals surface area contributed by atoms with Gasteiger partial charge in [-0.25, -0.2) is 0 Å². The standard InChI is InChI=1S/C43H36BrNO7/c1-52-35-21-26(20-34(44)40(35)49)38-29-16-17-30-37(42(51)45(41(30)50)19-18-24-12-14-28(46)15-13-24)32(29)22-33-39(48)31(25-8-4-2-5-9-25)23-36(47)43(33,38)27-10-6-3-7-11-27/h2-16,20-21,23,30,32-33,37-38,46,49H,17-19,22H2,1H3. The van der Waals surface area contributed by atoms with Crippen molar-refractivity contribution in [2.75, 3.05) is 13.7 Å². The van der Waals surface area contributed by atoms with Crippen LogP contribution in [0.15, 0.2) is 119 Å². The predicted molar refractivity (Wildman–Crippen MR) is 197 cm³/mol. The van der Waals surface area contributed by atoms with Crippen molar-refractivity contribution in [3.05, 3.63) is 142 Å². The molecular weight excluding hydrogens is 722 g/mol. The van der Waals surface area contributed by atoms with Crippen molar-refractivity contribution in [1.82, 2.24) is 4.90 Å². The van der Waals surface area contributed by atoms with Gasteiger partial charge in [-0.05, 0) is 93.7 Å². The number of carbonyl (C=O) groups is 4. The van der Waals surface area contributed by atoms with E-state index in [0.717, 1.165) is 11.1 Å². The maximum absolute atomic E-state index is 15.2. The van der Waals surface area contributed by atoms with Crippen LogP contribution in [0.5, 0.6) is 17.2 Å². The Hall–Kier alpha value is -5.28. The number of allylic oxidation sites excluding steroid dienone is 4. The highest BCUT2D eigenvalue weighted by atomic mass is 79.9. The molecule has 1 aliphatic heterocycles. The number of likely N-dealkylation sites (tertiary alicyclic amines) is 1. The van der Waals surface area contributed by atoms with Gasteiger partial charge in [0.1, 0.15) is 5.75 Å². The van der Waals surface area contributed by atoms with Gasteiger partial charge in [-0.15, -0.1) is 0 Å². The van der Waals surface area contributed by atoms with Gasteiger partial charge in [0, 0.05) is 24.0 Å².